The number of nitrogens with one attached hydrogen (secondary N) is 1. The maximum atomic E-state index is 5.41. The van der Waals surface area contributed by atoms with Crippen molar-refractivity contribution in [3.05, 3.63) is 34.3 Å². The summed E-state index contributed by atoms with van der Waals surface area (Å²) in [6, 6.07) is 9.05. The molecule has 0 aromatic heterocycles. The highest BCUT2D eigenvalue weighted by atomic mass is 79.9. The zero-order chi connectivity index (χ0) is 12.8. The molecular weight excluding hydrogens is 290 g/mol. The molecule has 1 aliphatic rings. The van der Waals surface area contributed by atoms with E-state index in [-0.39, 0.29) is 0 Å². The van der Waals surface area contributed by atoms with Crippen LogP contribution < -0.4 is 5.32 Å². The van der Waals surface area contributed by atoms with E-state index in [1.54, 1.807) is 0 Å². The Balaban J connectivity index is 1.81. The summed E-state index contributed by atoms with van der Waals surface area (Å²) in [5.41, 5.74) is 1.37. The van der Waals surface area contributed by atoms with Gasteiger partial charge in [-0.15, -0.1) is 0 Å². The topological polar surface area (TPSA) is 21.3 Å². The van der Waals surface area contributed by atoms with E-state index in [1.165, 1.54) is 18.4 Å². The summed E-state index contributed by atoms with van der Waals surface area (Å²) in [5, 5.41) is 3.66. The molecule has 1 N–H and O–H groups in total. The van der Waals surface area contributed by atoms with Crippen LogP contribution in [0.1, 0.15) is 37.8 Å². The summed E-state index contributed by atoms with van der Waals surface area (Å²) in [7, 11) is 0. The lowest BCUT2D eigenvalue weighted by Crippen LogP contribution is -2.23. The monoisotopic (exact) mass is 311 g/mol. The molecule has 0 spiro atoms. The Morgan fingerprint density at radius 3 is 3.06 bits per heavy atom. The molecule has 0 radical (unpaired) electrons. The van der Waals surface area contributed by atoms with Crippen molar-refractivity contribution >= 4 is 15.9 Å². The molecule has 1 heterocycles. The van der Waals surface area contributed by atoms with Crippen LogP contribution in [0.15, 0.2) is 28.7 Å². The fourth-order valence-corrected chi connectivity index (χ4v) is 2.91. The van der Waals surface area contributed by atoms with Crippen molar-refractivity contribution in [3.8, 4) is 0 Å². The minimum absolute atomic E-state index is 0.463. The molecule has 0 amide bonds. The van der Waals surface area contributed by atoms with Crippen LogP contribution in [0.3, 0.4) is 0 Å². The molecule has 3 heteroatoms. The highest BCUT2D eigenvalue weighted by Gasteiger charge is 2.16. The second-order valence-electron chi connectivity index (χ2n) is 4.99. The first-order valence-electron chi connectivity index (χ1n) is 6.86. The van der Waals surface area contributed by atoms with E-state index in [9.17, 15) is 0 Å². The summed E-state index contributed by atoms with van der Waals surface area (Å²) < 4.78 is 6.56. The van der Waals surface area contributed by atoms with Crippen molar-refractivity contribution in [1.29, 1.82) is 0 Å². The zero-order valence-electron chi connectivity index (χ0n) is 11.0. The smallest absolute Gasteiger partial charge is 0.0495 e. The molecule has 1 aromatic carbocycles. The van der Waals surface area contributed by atoms with Gasteiger partial charge in [0.2, 0.25) is 0 Å². The van der Waals surface area contributed by atoms with Gasteiger partial charge in [0.1, 0.15) is 0 Å². The van der Waals surface area contributed by atoms with Crippen molar-refractivity contribution in [1.82, 2.24) is 5.32 Å². The molecule has 18 heavy (non-hydrogen) atoms. The first kappa shape index (κ1) is 14.0. The normalized spacial score (nSPS) is 21.1. The third kappa shape index (κ3) is 4.08. The van der Waals surface area contributed by atoms with Crippen molar-refractivity contribution in [2.45, 2.75) is 32.2 Å². The maximum Gasteiger partial charge on any atom is 0.0495 e. The van der Waals surface area contributed by atoms with Gasteiger partial charge in [-0.1, -0.05) is 35.0 Å². The molecule has 1 aliphatic heterocycles. The number of halogens is 1. The van der Waals surface area contributed by atoms with Gasteiger partial charge in [0.05, 0.1) is 0 Å². The fourth-order valence-electron chi connectivity index (χ4n) is 2.49. The number of hydrogen-bond donors (Lipinski definition) is 1. The van der Waals surface area contributed by atoms with Gasteiger partial charge in [-0.2, -0.15) is 0 Å². The Hall–Kier alpha value is -0.380. The minimum Gasteiger partial charge on any atom is -0.381 e. The Labute approximate surface area is 118 Å². The number of ether oxygens (including phenoxy) is 1. The lowest BCUT2D eigenvalue weighted by molar-refractivity contribution is 0.184. The fraction of sp³-hybridized carbons (Fsp3) is 0.600. The minimum atomic E-state index is 0.463. The third-order valence-corrected chi connectivity index (χ3v) is 4.12. The molecule has 2 atom stereocenters. The van der Waals surface area contributed by atoms with E-state index >= 15 is 0 Å². The van der Waals surface area contributed by atoms with Crippen molar-refractivity contribution < 1.29 is 4.74 Å². The van der Waals surface area contributed by atoms with Crippen molar-refractivity contribution in [2.24, 2.45) is 5.92 Å². The Kier molecular flexibility index (Phi) is 5.67. The van der Waals surface area contributed by atoms with Gasteiger partial charge in [0.25, 0.3) is 0 Å². The van der Waals surface area contributed by atoms with E-state index in [4.69, 9.17) is 4.74 Å². The first-order valence-corrected chi connectivity index (χ1v) is 7.65. The second-order valence-corrected chi connectivity index (χ2v) is 5.90. The molecule has 1 fully saturated rings. The molecule has 0 bridgehead atoms. The average molecular weight is 312 g/mol. The zero-order valence-corrected chi connectivity index (χ0v) is 12.6. The van der Waals surface area contributed by atoms with Gasteiger partial charge in [0.15, 0.2) is 0 Å². The second kappa shape index (κ2) is 7.27. The molecule has 2 rings (SSSR count). The van der Waals surface area contributed by atoms with Crippen LogP contribution >= 0.6 is 15.9 Å². The Bertz CT molecular complexity index is 363. The lowest BCUT2D eigenvalue weighted by Gasteiger charge is -2.18. The van der Waals surface area contributed by atoms with E-state index < -0.39 is 0 Å². The quantitative estimate of drug-likeness (QED) is 0.860. The SMILES string of the molecule is CCC(NCCC1CCOC1)c1cccc(Br)c1. The van der Waals surface area contributed by atoms with E-state index in [0.717, 1.165) is 36.6 Å². The van der Waals surface area contributed by atoms with Crippen molar-refractivity contribution in [2.75, 3.05) is 19.8 Å². The highest BCUT2D eigenvalue weighted by Crippen LogP contribution is 2.21. The first-order chi connectivity index (χ1) is 8.79. The molecular formula is C15H22BrNO. The van der Waals surface area contributed by atoms with Crippen LogP contribution in [0.25, 0.3) is 0 Å². The van der Waals surface area contributed by atoms with Gasteiger partial charge in [0, 0.05) is 23.7 Å². The summed E-state index contributed by atoms with van der Waals surface area (Å²) in [6.45, 7) is 5.22. The van der Waals surface area contributed by atoms with Crippen LogP contribution in [0.2, 0.25) is 0 Å². The van der Waals surface area contributed by atoms with Crippen molar-refractivity contribution in [3.63, 3.8) is 0 Å². The molecule has 1 saturated heterocycles. The number of benzene rings is 1. The summed E-state index contributed by atoms with van der Waals surface area (Å²) >= 11 is 3.54. The summed E-state index contributed by atoms with van der Waals surface area (Å²) in [6.07, 6.45) is 3.58. The predicted molar refractivity (Wildman–Crippen MR) is 78.7 cm³/mol. The summed E-state index contributed by atoms with van der Waals surface area (Å²) in [4.78, 5) is 0. The molecule has 2 nitrogen and oxygen atoms in total. The molecule has 100 valence electrons. The summed E-state index contributed by atoms with van der Waals surface area (Å²) in [5.74, 6) is 0.762. The van der Waals surface area contributed by atoms with Crippen LogP contribution in [0.4, 0.5) is 0 Å². The van der Waals surface area contributed by atoms with E-state index in [1.807, 2.05) is 0 Å². The Morgan fingerprint density at radius 2 is 2.39 bits per heavy atom. The molecule has 0 aliphatic carbocycles. The third-order valence-electron chi connectivity index (χ3n) is 3.63. The molecule has 1 aromatic rings. The highest BCUT2D eigenvalue weighted by molar-refractivity contribution is 9.10. The van der Waals surface area contributed by atoms with Gasteiger partial charge in [-0.05, 0) is 49.4 Å². The van der Waals surface area contributed by atoms with E-state index in [2.05, 4.69) is 52.4 Å². The Morgan fingerprint density at radius 1 is 1.50 bits per heavy atom. The largest absolute Gasteiger partial charge is 0.381 e. The lowest BCUT2D eigenvalue weighted by atomic mass is 10.0. The predicted octanol–water partition coefficient (Wildman–Crippen LogP) is 3.92. The molecule has 2 unspecified atom stereocenters. The molecule has 0 saturated carbocycles. The average Bonchev–Trinajstić information content (AvgIpc) is 2.88. The van der Waals surface area contributed by atoms with Gasteiger partial charge in [-0.25, -0.2) is 0 Å². The van der Waals surface area contributed by atoms with Crippen LogP contribution in [-0.4, -0.2) is 19.8 Å². The van der Waals surface area contributed by atoms with Crippen LogP contribution in [0, 0.1) is 5.92 Å². The number of rotatable bonds is 6. The van der Waals surface area contributed by atoms with Gasteiger partial charge >= 0.3 is 0 Å². The maximum absolute atomic E-state index is 5.41. The standard InChI is InChI=1S/C15H22BrNO/c1-2-15(13-4-3-5-14(16)10-13)17-8-6-12-7-9-18-11-12/h3-5,10,12,15,17H,2,6-9,11H2,1H3. The van der Waals surface area contributed by atoms with Gasteiger partial charge < -0.3 is 10.1 Å². The van der Waals surface area contributed by atoms with E-state index in [0.29, 0.717) is 6.04 Å². The van der Waals surface area contributed by atoms with Crippen LogP contribution in [-0.2, 0) is 4.74 Å². The van der Waals surface area contributed by atoms with Crippen LogP contribution in [0.5, 0.6) is 0 Å². The number of hydrogen-bond acceptors (Lipinski definition) is 2. The van der Waals surface area contributed by atoms with Gasteiger partial charge in [-0.3, -0.25) is 0 Å².